The predicted octanol–water partition coefficient (Wildman–Crippen LogP) is -0.826. The van der Waals surface area contributed by atoms with Crippen LogP contribution in [-0.2, 0) is 0 Å². The lowest BCUT2D eigenvalue weighted by atomic mass is 10.1. The third kappa shape index (κ3) is 0.587. The highest BCUT2D eigenvalue weighted by molar-refractivity contribution is 5.40. The SMILES string of the molecule is OCC1CC(O)C2=C1N2. The first kappa shape index (κ1) is 5.26. The van der Waals surface area contributed by atoms with Crippen molar-refractivity contribution in [1.82, 2.24) is 5.32 Å². The van der Waals surface area contributed by atoms with E-state index in [4.69, 9.17) is 10.2 Å². The first-order valence-electron chi connectivity index (χ1n) is 3.13. The molecule has 0 aromatic carbocycles. The zero-order valence-corrected chi connectivity index (χ0v) is 4.96. The van der Waals surface area contributed by atoms with Gasteiger partial charge in [-0.05, 0) is 6.42 Å². The molecule has 2 rings (SSSR count). The van der Waals surface area contributed by atoms with Gasteiger partial charge in [0.25, 0.3) is 0 Å². The van der Waals surface area contributed by atoms with Crippen molar-refractivity contribution in [3.8, 4) is 0 Å². The van der Waals surface area contributed by atoms with Gasteiger partial charge in [-0.15, -0.1) is 0 Å². The van der Waals surface area contributed by atoms with Crippen molar-refractivity contribution in [2.24, 2.45) is 5.92 Å². The third-order valence-electron chi connectivity index (χ3n) is 1.97. The third-order valence-corrected chi connectivity index (χ3v) is 1.97. The fraction of sp³-hybridized carbons (Fsp3) is 0.667. The molecule has 0 amide bonds. The van der Waals surface area contributed by atoms with Crippen molar-refractivity contribution in [2.75, 3.05) is 6.61 Å². The molecule has 9 heavy (non-hydrogen) atoms. The van der Waals surface area contributed by atoms with E-state index in [2.05, 4.69) is 5.32 Å². The Balaban J connectivity index is 2.11. The van der Waals surface area contributed by atoms with Crippen molar-refractivity contribution in [3.05, 3.63) is 11.4 Å². The summed E-state index contributed by atoms with van der Waals surface area (Å²) in [6.07, 6.45) is 0.380. The number of hydrogen-bond acceptors (Lipinski definition) is 3. The molecule has 1 aliphatic carbocycles. The van der Waals surface area contributed by atoms with E-state index in [1.54, 1.807) is 0 Å². The maximum Gasteiger partial charge on any atom is 0.0962 e. The number of nitrogens with one attached hydrogen (secondary N) is 1. The lowest BCUT2D eigenvalue weighted by Crippen LogP contribution is -2.17. The fourth-order valence-corrected chi connectivity index (χ4v) is 1.37. The Kier molecular flexibility index (Phi) is 0.870. The van der Waals surface area contributed by atoms with Crippen LogP contribution in [0, 0.1) is 5.92 Å². The summed E-state index contributed by atoms with van der Waals surface area (Å²) in [5, 5.41) is 20.7. The molecular weight excluding hydrogens is 118 g/mol. The van der Waals surface area contributed by atoms with Crippen LogP contribution in [0.15, 0.2) is 11.4 Å². The van der Waals surface area contributed by atoms with Crippen LogP contribution in [0.3, 0.4) is 0 Å². The Bertz CT molecular complexity index is 176. The van der Waals surface area contributed by atoms with Gasteiger partial charge in [0, 0.05) is 11.6 Å². The van der Waals surface area contributed by atoms with Crippen LogP contribution >= 0.6 is 0 Å². The fourth-order valence-electron chi connectivity index (χ4n) is 1.37. The average Bonchev–Trinajstić information content (AvgIpc) is 2.56. The molecule has 0 saturated heterocycles. The van der Waals surface area contributed by atoms with Crippen molar-refractivity contribution < 1.29 is 10.2 Å². The van der Waals surface area contributed by atoms with Crippen LogP contribution in [0.25, 0.3) is 0 Å². The molecule has 0 fully saturated rings. The Morgan fingerprint density at radius 2 is 2.33 bits per heavy atom. The maximum atomic E-state index is 9.11. The first-order valence-corrected chi connectivity index (χ1v) is 3.13. The van der Waals surface area contributed by atoms with Gasteiger partial charge in [0.05, 0.1) is 18.4 Å². The van der Waals surface area contributed by atoms with E-state index in [0.29, 0.717) is 6.42 Å². The van der Waals surface area contributed by atoms with Crippen LogP contribution in [0.5, 0.6) is 0 Å². The highest BCUT2D eigenvalue weighted by Gasteiger charge is 2.41. The quantitative estimate of drug-likeness (QED) is 0.431. The van der Waals surface area contributed by atoms with Crippen molar-refractivity contribution in [3.63, 3.8) is 0 Å². The summed E-state index contributed by atoms with van der Waals surface area (Å²) in [5.74, 6) is 0.190. The summed E-state index contributed by atoms with van der Waals surface area (Å²) in [6.45, 7) is 0.156. The van der Waals surface area contributed by atoms with Gasteiger partial charge >= 0.3 is 0 Å². The number of piperidine rings is 1. The second-order valence-corrected chi connectivity index (χ2v) is 2.58. The molecule has 2 atom stereocenters. The number of aliphatic hydroxyl groups excluding tert-OH is 2. The van der Waals surface area contributed by atoms with Crippen molar-refractivity contribution >= 4 is 0 Å². The molecule has 2 unspecified atom stereocenters. The summed E-state index contributed by atoms with van der Waals surface area (Å²) in [5.41, 5.74) is 2.03. The maximum absolute atomic E-state index is 9.11. The minimum absolute atomic E-state index is 0.156. The van der Waals surface area contributed by atoms with Gasteiger partial charge < -0.3 is 15.5 Å². The van der Waals surface area contributed by atoms with Gasteiger partial charge in [0.2, 0.25) is 0 Å². The van der Waals surface area contributed by atoms with Gasteiger partial charge in [-0.3, -0.25) is 0 Å². The van der Waals surface area contributed by atoms with Crippen LogP contribution in [0.1, 0.15) is 6.42 Å². The lowest BCUT2D eigenvalue weighted by Gasteiger charge is -2.10. The van der Waals surface area contributed by atoms with Crippen LogP contribution in [0.2, 0.25) is 0 Å². The van der Waals surface area contributed by atoms with Crippen molar-refractivity contribution in [2.45, 2.75) is 12.5 Å². The molecule has 1 heterocycles. The van der Waals surface area contributed by atoms with E-state index in [1.807, 2.05) is 0 Å². The van der Waals surface area contributed by atoms with Crippen molar-refractivity contribution in [1.29, 1.82) is 0 Å². The molecule has 0 aromatic heterocycles. The largest absolute Gasteiger partial charge is 0.396 e. The monoisotopic (exact) mass is 127 g/mol. The molecule has 0 aromatic rings. The van der Waals surface area contributed by atoms with Gasteiger partial charge in [0.15, 0.2) is 0 Å². The molecule has 50 valence electrons. The van der Waals surface area contributed by atoms with Gasteiger partial charge in [-0.1, -0.05) is 0 Å². The Hall–Kier alpha value is -0.540. The molecular formula is C6H9NO2. The molecule has 0 radical (unpaired) electrons. The average molecular weight is 127 g/mol. The molecule has 0 bridgehead atoms. The summed E-state index contributed by atoms with van der Waals surface area (Å²) < 4.78 is 0. The first-order chi connectivity index (χ1) is 4.33. The van der Waals surface area contributed by atoms with E-state index in [1.165, 1.54) is 0 Å². The zero-order chi connectivity index (χ0) is 6.43. The Morgan fingerprint density at radius 1 is 1.56 bits per heavy atom. The Morgan fingerprint density at radius 3 is 2.56 bits per heavy atom. The second kappa shape index (κ2) is 1.49. The standard InChI is InChI=1S/C6H9NO2/c8-2-3-1-4(9)6-5(3)7-6/h3-4,7-9H,1-2H2. The van der Waals surface area contributed by atoms with Crippen LogP contribution < -0.4 is 5.32 Å². The summed E-state index contributed by atoms with van der Waals surface area (Å²) in [4.78, 5) is 0. The topological polar surface area (TPSA) is 62.4 Å². The predicted molar refractivity (Wildman–Crippen MR) is 31.4 cm³/mol. The smallest absolute Gasteiger partial charge is 0.0962 e. The number of rotatable bonds is 1. The molecule has 0 spiro atoms. The van der Waals surface area contributed by atoms with Crippen LogP contribution in [0.4, 0.5) is 0 Å². The summed E-state index contributed by atoms with van der Waals surface area (Å²) in [6, 6.07) is 0. The molecule has 3 nitrogen and oxygen atoms in total. The highest BCUT2D eigenvalue weighted by atomic mass is 16.3. The highest BCUT2D eigenvalue weighted by Crippen LogP contribution is 2.38. The Labute approximate surface area is 53.0 Å². The normalized spacial score (nSPS) is 38.4. The molecule has 0 saturated carbocycles. The van der Waals surface area contributed by atoms with E-state index < -0.39 is 0 Å². The minimum atomic E-state index is -0.322. The van der Waals surface area contributed by atoms with E-state index in [9.17, 15) is 0 Å². The van der Waals surface area contributed by atoms with E-state index in [-0.39, 0.29) is 18.6 Å². The number of hydrogen-bond donors (Lipinski definition) is 3. The molecule has 3 heteroatoms. The number of aliphatic hydroxyl groups is 2. The minimum Gasteiger partial charge on any atom is -0.396 e. The van der Waals surface area contributed by atoms with E-state index >= 15 is 0 Å². The summed E-state index contributed by atoms with van der Waals surface area (Å²) >= 11 is 0. The molecule has 1 aliphatic heterocycles. The van der Waals surface area contributed by atoms with Gasteiger partial charge in [0.1, 0.15) is 0 Å². The second-order valence-electron chi connectivity index (χ2n) is 2.58. The molecule has 2 aliphatic rings. The van der Waals surface area contributed by atoms with Gasteiger partial charge in [-0.2, -0.15) is 0 Å². The summed E-state index contributed by atoms with van der Waals surface area (Å²) in [7, 11) is 0. The lowest BCUT2D eigenvalue weighted by molar-refractivity contribution is 0.161. The van der Waals surface area contributed by atoms with Crippen LogP contribution in [-0.4, -0.2) is 22.9 Å². The molecule has 3 N–H and O–H groups in total. The zero-order valence-electron chi connectivity index (χ0n) is 4.96. The van der Waals surface area contributed by atoms with E-state index in [0.717, 1.165) is 11.4 Å². The van der Waals surface area contributed by atoms with Gasteiger partial charge in [-0.25, -0.2) is 0 Å².